The lowest BCUT2D eigenvalue weighted by Crippen LogP contribution is -2.57. The summed E-state index contributed by atoms with van der Waals surface area (Å²) in [6, 6.07) is 21.5. The van der Waals surface area contributed by atoms with Gasteiger partial charge in [-0.05, 0) is 64.0 Å². The molecule has 4 rings (SSSR count). The van der Waals surface area contributed by atoms with Crippen molar-refractivity contribution in [1.29, 1.82) is 0 Å². The van der Waals surface area contributed by atoms with Gasteiger partial charge in [-0.2, -0.15) is 0 Å². The van der Waals surface area contributed by atoms with E-state index < -0.39 is 17.8 Å². The number of barbiturate groups is 1. The quantitative estimate of drug-likeness (QED) is 0.390. The van der Waals surface area contributed by atoms with Crippen LogP contribution in [0.3, 0.4) is 0 Å². The van der Waals surface area contributed by atoms with Crippen molar-refractivity contribution in [3.63, 3.8) is 0 Å². The highest BCUT2D eigenvalue weighted by Gasteiger charge is 2.43. The number of ether oxygens (including phenoxy) is 1. The highest BCUT2D eigenvalue weighted by atomic mass is 79.9. The second kappa shape index (κ2) is 8.57. The fourth-order valence-electron chi connectivity index (χ4n) is 3.28. The predicted molar refractivity (Wildman–Crippen MR) is 122 cm³/mol. The van der Waals surface area contributed by atoms with Crippen LogP contribution in [-0.4, -0.2) is 25.0 Å². The first kappa shape index (κ1) is 20.6. The first-order valence-corrected chi connectivity index (χ1v) is 10.2. The van der Waals surface area contributed by atoms with Crippen LogP contribution in [-0.2, 0) is 9.59 Å². The Labute approximate surface area is 187 Å². The summed E-state index contributed by atoms with van der Waals surface area (Å²) in [4.78, 5) is 41.8. The van der Waals surface area contributed by atoms with Gasteiger partial charge in [-0.25, -0.2) is 14.6 Å². The van der Waals surface area contributed by atoms with Crippen molar-refractivity contribution < 1.29 is 19.1 Å². The molecular weight excluding hydrogens is 460 g/mol. The third-order valence-corrected chi connectivity index (χ3v) is 5.38. The molecule has 1 saturated heterocycles. The molecule has 1 aliphatic rings. The maximum absolute atomic E-state index is 13.3. The molecule has 0 radical (unpaired) electrons. The van der Waals surface area contributed by atoms with Gasteiger partial charge in [0, 0.05) is 0 Å². The molecule has 0 aliphatic carbocycles. The molecule has 0 saturated carbocycles. The van der Waals surface area contributed by atoms with Gasteiger partial charge in [-0.1, -0.05) is 42.5 Å². The molecule has 3 aromatic rings. The number of hydrogen-bond donors (Lipinski definition) is 0. The lowest BCUT2D eigenvalue weighted by molar-refractivity contribution is -0.121. The van der Waals surface area contributed by atoms with Gasteiger partial charge in [0.1, 0.15) is 11.3 Å². The predicted octanol–water partition coefficient (Wildman–Crippen LogP) is 5.04. The van der Waals surface area contributed by atoms with E-state index in [9.17, 15) is 14.4 Å². The van der Waals surface area contributed by atoms with Gasteiger partial charge in [0.2, 0.25) is 0 Å². The Kier molecular flexibility index (Phi) is 5.68. The van der Waals surface area contributed by atoms with Crippen LogP contribution in [0.15, 0.2) is 88.9 Å². The lowest BCUT2D eigenvalue weighted by Gasteiger charge is -2.33. The maximum Gasteiger partial charge on any atom is 0.343 e. The van der Waals surface area contributed by atoms with Crippen LogP contribution < -0.4 is 14.5 Å². The van der Waals surface area contributed by atoms with Gasteiger partial charge in [-0.15, -0.1) is 0 Å². The van der Waals surface area contributed by atoms with Crippen LogP contribution in [0.25, 0.3) is 6.08 Å². The van der Waals surface area contributed by atoms with Crippen molar-refractivity contribution in [2.45, 2.75) is 0 Å². The first-order chi connectivity index (χ1) is 15.0. The third kappa shape index (κ3) is 3.87. The molecule has 7 heteroatoms. The summed E-state index contributed by atoms with van der Waals surface area (Å²) < 4.78 is 5.91. The second-order valence-corrected chi connectivity index (χ2v) is 7.54. The molecule has 1 fully saturated rings. The van der Waals surface area contributed by atoms with Crippen LogP contribution >= 0.6 is 15.9 Å². The first-order valence-electron chi connectivity index (χ1n) is 9.39. The number of benzene rings is 3. The van der Waals surface area contributed by atoms with E-state index in [0.717, 1.165) is 9.80 Å². The standard InChI is InChI=1S/C24H17BrN2O4/c1-31-21-13-12-16(15-20(21)25)14-19-22(28)26(17-8-4-2-5-9-17)24(30)27(23(19)29)18-10-6-3-7-11-18/h2-15H,1H3. The van der Waals surface area contributed by atoms with Gasteiger partial charge in [0.25, 0.3) is 11.8 Å². The molecule has 1 heterocycles. The summed E-state index contributed by atoms with van der Waals surface area (Å²) in [6.45, 7) is 0. The van der Waals surface area contributed by atoms with E-state index in [1.807, 2.05) is 0 Å². The third-order valence-electron chi connectivity index (χ3n) is 4.77. The summed E-state index contributed by atoms with van der Waals surface area (Å²) in [6.07, 6.45) is 1.48. The van der Waals surface area contributed by atoms with Crippen molar-refractivity contribution in [2.24, 2.45) is 0 Å². The van der Waals surface area contributed by atoms with Crippen molar-refractivity contribution in [3.05, 3.63) is 94.5 Å². The average molecular weight is 477 g/mol. The SMILES string of the molecule is COc1ccc(C=C2C(=O)N(c3ccccc3)C(=O)N(c3ccccc3)C2=O)cc1Br. The van der Waals surface area contributed by atoms with Crippen LogP contribution in [0.1, 0.15) is 5.56 Å². The fraction of sp³-hybridized carbons (Fsp3) is 0.0417. The molecule has 154 valence electrons. The molecular formula is C24H17BrN2O4. The minimum Gasteiger partial charge on any atom is -0.496 e. The van der Waals surface area contributed by atoms with Crippen LogP contribution in [0, 0.1) is 0 Å². The monoisotopic (exact) mass is 476 g/mol. The van der Waals surface area contributed by atoms with Crippen molar-refractivity contribution in [1.82, 2.24) is 0 Å². The van der Waals surface area contributed by atoms with E-state index in [0.29, 0.717) is 27.2 Å². The minimum atomic E-state index is -0.722. The van der Waals surface area contributed by atoms with E-state index in [4.69, 9.17) is 4.74 Å². The number of halogens is 1. The van der Waals surface area contributed by atoms with Gasteiger partial charge in [-0.3, -0.25) is 9.59 Å². The number of carbonyl (C=O) groups is 3. The molecule has 4 amide bonds. The highest BCUT2D eigenvalue weighted by Crippen LogP contribution is 2.31. The number of urea groups is 1. The average Bonchev–Trinajstić information content (AvgIpc) is 2.78. The molecule has 0 N–H and O–H groups in total. The van der Waals surface area contributed by atoms with Gasteiger partial charge in [0.15, 0.2) is 0 Å². The number of rotatable bonds is 4. The molecule has 3 aromatic carbocycles. The Bertz CT molecular complexity index is 1130. The number of amides is 4. The zero-order chi connectivity index (χ0) is 22.0. The summed E-state index contributed by atoms with van der Waals surface area (Å²) in [7, 11) is 1.55. The summed E-state index contributed by atoms with van der Waals surface area (Å²) in [5.74, 6) is -0.740. The van der Waals surface area contributed by atoms with Crippen molar-refractivity contribution >= 4 is 51.2 Å². The van der Waals surface area contributed by atoms with Crippen LogP contribution in [0.4, 0.5) is 16.2 Å². The summed E-state index contributed by atoms with van der Waals surface area (Å²) in [5, 5.41) is 0. The van der Waals surface area contributed by atoms with Gasteiger partial charge >= 0.3 is 6.03 Å². The molecule has 1 aliphatic heterocycles. The number of carbonyl (C=O) groups excluding carboxylic acids is 3. The lowest BCUT2D eigenvalue weighted by atomic mass is 10.0. The van der Waals surface area contributed by atoms with E-state index in [2.05, 4.69) is 15.9 Å². The number of anilines is 2. The zero-order valence-electron chi connectivity index (χ0n) is 16.5. The molecule has 0 spiro atoms. The summed E-state index contributed by atoms with van der Waals surface area (Å²) in [5.41, 5.74) is 1.25. The Hall–Kier alpha value is -3.71. The molecule has 0 atom stereocenters. The van der Waals surface area contributed by atoms with E-state index >= 15 is 0 Å². The molecule has 6 nitrogen and oxygen atoms in total. The topological polar surface area (TPSA) is 66.9 Å². The normalized spacial score (nSPS) is 14.1. The van der Waals surface area contributed by atoms with Crippen molar-refractivity contribution in [2.75, 3.05) is 16.9 Å². The second-order valence-electron chi connectivity index (χ2n) is 6.69. The van der Waals surface area contributed by atoms with Gasteiger partial charge in [0.05, 0.1) is 23.0 Å². The van der Waals surface area contributed by atoms with Gasteiger partial charge < -0.3 is 4.74 Å². The number of nitrogens with zero attached hydrogens (tertiary/aromatic N) is 2. The van der Waals surface area contributed by atoms with Crippen LogP contribution in [0.5, 0.6) is 5.75 Å². The Balaban J connectivity index is 1.85. The Morgan fingerprint density at radius 2 is 1.29 bits per heavy atom. The minimum absolute atomic E-state index is 0.121. The molecule has 0 bridgehead atoms. The number of methoxy groups -OCH3 is 1. The largest absolute Gasteiger partial charge is 0.496 e. The summed E-state index contributed by atoms with van der Waals surface area (Å²) >= 11 is 3.41. The van der Waals surface area contributed by atoms with E-state index in [1.165, 1.54) is 6.08 Å². The van der Waals surface area contributed by atoms with Crippen LogP contribution in [0.2, 0.25) is 0 Å². The number of para-hydroxylation sites is 2. The Morgan fingerprint density at radius 1 is 0.774 bits per heavy atom. The number of imide groups is 2. The fourth-order valence-corrected chi connectivity index (χ4v) is 3.84. The molecule has 31 heavy (non-hydrogen) atoms. The Morgan fingerprint density at radius 3 is 1.74 bits per heavy atom. The van der Waals surface area contributed by atoms with E-state index in [-0.39, 0.29) is 5.57 Å². The number of hydrogen-bond acceptors (Lipinski definition) is 4. The molecule has 0 unspecified atom stereocenters. The highest BCUT2D eigenvalue weighted by molar-refractivity contribution is 9.10. The smallest absolute Gasteiger partial charge is 0.343 e. The maximum atomic E-state index is 13.3. The molecule has 0 aromatic heterocycles. The van der Waals surface area contributed by atoms with Crippen molar-refractivity contribution in [3.8, 4) is 5.75 Å². The van der Waals surface area contributed by atoms with E-state index in [1.54, 1.807) is 86.0 Å². The zero-order valence-corrected chi connectivity index (χ0v) is 18.1.